The molecule has 0 bridgehead atoms. The van der Waals surface area contributed by atoms with Crippen molar-refractivity contribution in [3.05, 3.63) is 96.2 Å². The topological polar surface area (TPSA) is 127 Å². The number of methoxy groups -OCH3 is 1. The largest absolute Gasteiger partial charge is 0.481 e. The molecular formula is C39H42Cl2F2N8O4. The molecule has 2 aromatic carbocycles. The van der Waals surface area contributed by atoms with Gasteiger partial charge in [0.25, 0.3) is 12.0 Å². The summed E-state index contributed by atoms with van der Waals surface area (Å²) in [5.74, 6) is 0.340. The minimum Gasteiger partial charge on any atom is -0.481 e. The molecule has 2 amide bonds. The number of pyridine rings is 2. The summed E-state index contributed by atoms with van der Waals surface area (Å²) in [6.07, 6.45) is -0.480. The van der Waals surface area contributed by atoms with E-state index in [1.165, 1.54) is 14.1 Å². The number of rotatable bonds is 12. The van der Waals surface area contributed by atoms with Crippen LogP contribution in [0.5, 0.6) is 5.88 Å². The number of carbonyl (C=O) groups excluding carboxylic acids is 1. The van der Waals surface area contributed by atoms with Gasteiger partial charge < -0.3 is 20.3 Å². The van der Waals surface area contributed by atoms with E-state index in [0.29, 0.717) is 46.4 Å². The molecule has 5 aromatic rings. The molecule has 0 saturated heterocycles. The number of halogens is 4. The van der Waals surface area contributed by atoms with Crippen LogP contribution < -0.4 is 26.6 Å². The zero-order chi connectivity index (χ0) is 39.7. The van der Waals surface area contributed by atoms with Crippen molar-refractivity contribution in [1.82, 2.24) is 34.2 Å². The zero-order valence-corrected chi connectivity index (χ0v) is 32.9. The fourth-order valence-electron chi connectivity index (χ4n) is 6.99. The van der Waals surface area contributed by atoms with Crippen molar-refractivity contribution in [2.75, 3.05) is 46.2 Å². The third-order valence-corrected chi connectivity index (χ3v) is 11.0. The van der Waals surface area contributed by atoms with E-state index in [9.17, 15) is 23.2 Å². The Kier molecular flexibility index (Phi) is 11.8. The van der Waals surface area contributed by atoms with Gasteiger partial charge in [-0.25, -0.2) is 28.3 Å². The number of hydrogen-bond acceptors (Lipinski definition) is 8. The van der Waals surface area contributed by atoms with Gasteiger partial charge in [-0.3, -0.25) is 18.8 Å². The first-order valence-corrected chi connectivity index (χ1v) is 18.5. The zero-order valence-electron chi connectivity index (χ0n) is 31.3. The molecule has 12 nitrogen and oxygen atoms in total. The minimum atomic E-state index is -2.97. The lowest BCUT2D eigenvalue weighted by molar-refractivity contribution is 0.146. The van der Waals surface area contributed by atoms with Crippen LogP contribution in [0.25, 0.3) is 33.3 Å². The maximum absolute atomic E-state index is 14.0. The van der Waals surface area contributed by atoms with Crippen molar-refractivity contribution in [2.45, 2.75) is 38.7 Å². The van der Waals surface area contributed by atoms with Gasteiger partial charge in [0.15, 0.2) is 0 Å². The summed E-state index contributed by atoms with van der Waals surface area (Å²) < 4.78 is 35.8. The summed E-state index contributed by atoms with van der Waals surface area (Å²) in [6, 6.07) is 13.7. The van der Waals surface area contributed by atoms with E-state index in [0.717, 1.165) is 52.1 Å². The number of nitrogens with zero attached hydrogens (tertiary/aromatic N) is 6. The number of benzene rings is 2. The Labute approximate surface area is 326 Å². The van der Waals surface area contributed by atoms with Crippen LogP contribution in [0.4, 0.5) is 25.1 Å². The fraction of sp³-hybridized carbons (Fsp3) is 0.359. The normalized spacial score (nSPS) is 13.8. The molecule has 6 rings (SSSR count). The minimum absolute atomic E-state index is 0.000150. The standard InChI is InChI=1S/C39H42Cl2F2N8O4/c1-7-48(2)38(53)44-17-10-18-49(3)28-16-15-21-19-26(47-36(55-6)30(21)28)24-13-8-11-22(32(24)40)23-12-9-14-25(33(23)41)45-35-31-29(20-27(46-35)34(42)43)50(4)39(54)51(5)37(31)52/h8-9,11-14,19-20,28,34H,7,10,15-18H2,1-6H3,(H,44,53)(H,45,46). The number of alkyl halides is 2. The summed E-state index contributed by atoms with van der Waals surface area (Å²) in [5, 5.41) is 6.46. The van der Waals surface area contributed by atoms with E-state index >= 15 is 0 Å². The quantitative estimate of drug-likeness (QED) is 0.126. The molecule has 3 heterocycles. The Morgan fingerprint density at radius 2 is 1.71 bits per heavy atom. The molecule has 3 aromatic heterocycles. The lowest BCUT2D eigenvalue weighted by Crippen LogP contribution is -2.38. The van der Waals surface area contributed by atoms with E-state index in [4.69, 9.17) is 32.9 Å². The number of ether oxygens (including phenoxy) is 1. The van der Waals surface area contributed by atoms with Crippen molar-refractivity contribution in [1.29, 1.82) is 0 Å². The maximum Gasteiger partial charge on any atom is 0.330 e. The molecule has 0 saturated carbocycles. The Hall–Kier alpha value is -5.05. The SMILES string of the molecule is CCN(C)C(=O)NCCCN(C)C1CCc2cc(-c3cccc(-c4cccc(Nc5nc(C(F)F)cc6c5c(=O)n(C)c(=O)n6C)c4Cl)c3Cl)nc(OC)c21. The Balaban J connectivity index is 1.31. The smallest absolute Gasteiger partial charge is 0.330 e. The third-order valence-electron chi connectivity index (χ3n) is 10.2. The van der Waals surface area contributed by atoms with E-state index in [1.807, 2.05) is 31.2 Å². The molecule has 0 radical (unpaired) electrons. The van der Waals surface area contributed by atoms with Crippen LogP contribution in [0.15, 0.2) is 58.1 Å². The molecule has 290 valence electrons. The van der Waals surface area contributed by atoms with Gasteiger partial charge in [0.05, 0.1) is 34.1 Å². The molecular weight excluding hydrogens is 753 g/mol. The summed E-state index contributed by atoms with van der Waals surface area (Å²) >= 11 is 14.1. The highest BCUT2D eigenvalue weighted by Crippen LogP contribution is 2.45. The van der Waals surface area contributed by atoms with Crippen molar-refractivity contribution in [3.63, 3.8) is 0 Å². The van der Waals surface area contributed by atoms with Gasteiger partial charge in [-0.1, -0.05) is 53.5 Å². The lowest BCUT2D eigenvalue weighted by Gasteiger charge is -2.26. The first kappa shape index (κ1) is 39.6. The average Bonchev–Trinajstić information content (AvgIpc) is 3.62. The maximum atomic E-state index is 14.0. The second kappa shape index (κ2) is 16.4. The van der Waals surface area contributed by atoms with Gasteiger partial charge in [-0.2, -0.15) is 0 Å². The molecule has 2 N–H and O–H groups in total. The Morgan fingerprint density at radius 3 is 2.40 bits per heavy atom. The molecule has 1 unspecified atom stereocenters. The van der Waals surface area contributed by atoms with Crippen molar-refractivity contribution in [2.24, 2.45) is 14.1 Å². The second-order valence-electron chi connectivity index (χ2n) is 13.5. The molecule has 16 heteroatoms. The number of urea groups is 1. The molecule has 0 spiro atoms. The number of aryl methyl sites for hydroxylation is 2. The summed E-state index contributed by atoms with van der Waals surface area (Å²) in [4.78, 5) is 50.9. The van der Waals surface area contributed by atoms with Crippen molar-refractivity contribution in [3.8, 4) is 28.3 Å². The summed E-state index contributed by atoms with van der Waals surface area (Å²) in [5.41, 5.74) is 2.83. The van der Waals surface area contributed by atoms with E-state index in [2.05, 4.69) is 27.6 Å². The predicted octanol–water partition coefficient (Wildman–Crippen LogP) is 7.33. The Morgan fingerprint density at radius 1 is 1.02 bits per heavy atom. The van der Waals surface area contributed by atoms with Gasteiger partial charge in [0, 0.05) is 69.1 Å². The van der Waals surface area contributed by atoms with Gasteiger partial charge >= 0.3 is 11.7 Å². The number of hydrogen-bond donors (Lipinski definition) is 2. The number of amides is 2. The average molecular weight is 796 g/mol. The number of carbonyl (C=O) groups is 1. The van der Waals surface area contributed by atoms with Gasteiger partial charge in [0.2, 0.25) is 5.88 Å². The number of anilines is 2. The predicted molar refractivity (Wildman–Crippen MR) is 212 cm³/mol. The highest BCUT2D eigenvalue weighted by molar-refractivity contribution is 6.39. The van der Waals surface area contributed by atoms with Gasteiger partial charge in [0.1, 0.15) is 16.9 Å². The second-order valence-corrected chi connectivity index (χ2v) is 14.2. The fourth-order valence-corrected chi connectivity index (χ4v) is 7.59. The molecule has 55 heavy (non-hydrogen) atoms. The van der Waals surface area contributed by atoms with Crippen LogP contribution in [0.1, 0.15) is 49.1 Å². The van der Waals surface area contributed by atoms with Crippen LogP contribution >= 0.6 is 23.2 Å². The first-order valence-electron chi connectivity index (χ1n) is 17.8. The molecule has 0 aliphatic heterocycles. The van der Waals surface area contributed by atoms with Gasteiger partial charge in [-0.15, -0.1) is 0 Å². The molecule has 1 aliphatic rings. The van der Waals surface area contributed by atoms with Crippen molar-refractivity contribution >= 4 is 51.6 Å². The van der Waals surface area contributed by atoms with Crippen LogP contribution in [-0.2, 0) is 20.5 Å². The van der Waals surface area contributed by atoms with E-state index in [1.54, 1.807) is 37.3 Å². The van der Waals surface area contributed by atoms with Crippen LogP contribution in [0, 0.1) is 0 Å². The van der Waals surface area contributed by atoms with Crippen molar-refractivity contribution < 1.29 is 18.3 Å². The lowest BCUT2D eigenvalue weighted by atomic mass is 9.99. The highest BCUT2D eigenvalue weighted by atomic mass is 35.5. The summed E-state index contributed by atoms with van der Waals surface area (Å²) in [7, 11) is 8.13. The first-order chi connectivity index (χ1) is 26.3. The van der Waals surface area contributed by atoms with E-state index in [-0.39, 0.29) is 39.5 Å². The molecule has 0 fully saturated rings. The monoisotopic (exact) mass is 794 g/mol. The van der Waals surface area contributed by atoms with Gasteiger partial charge in [-0.05, 0) is 57.0 Å². The van der Waals surface area contributed by atoms with Crippen LogP contribution in [-0.4, -0.2) is 75.8 Å². The van der Waals surface area contributed by atoms with Crippen LogP contribution in [0.2, 0.25) is 10.0 Å². The summed E-state index contributed by atoms with van der Waals surface area (Å²) in [6.45, 7) is 3.91. The highest BCUT2D eigenvalue weighted by Gasteiger charge is 2.31. The van der Waals surface area contributed by atoms with Crippen LogP contribution in [0.3, 0.4) is 0 Å². The number of fused-ring (bicyclic) bond motifs is 2. The third kappa shape index (κ3) is 7.63. The van der Waals surface area contributed by atoms with E-state index < -0.39 is 23.4 Å². The number of nitrogens with one attached hydrogen (secondary N) is 2. The molecule has 1 atom stereocenters. The number of aromatic nitrogens is 4. The Bertz CT molecular complexity index is 2400. The molecule has 1 aliphatic carbocycles.